The van der Waals surface area contributed by atoms with Gasteiger partial charge in [0.05, 0.1) is 22.2 Å². The van der Waals surface area contributed by atoms with Gasteiger partial charge in [-0.25, -0.2) is 14.2 Å². The molecule has 0 saturated carbocycles. The minimum absolute atomic E-state index is 0.0502. The molecular weight excluding hydrogens is 408 g/mol. The summed E-state index contributed by atoms with van der Waals surface area (Å²) in [5.74, 6) is -2.35. The van der Waals surface area contributed by atoms with Gasteiger partial charge in [0, 0.05) is 13.1 Å². The van der Waals surface area contributed by atoms with Crippen LogP contribution in [0.3, 0.4) is 0 Å². The van der Waals surface area contributed by atoms with Gasteiger partial charge in [-0.1, -0.05) is 13.8 Å². The van der Waals surface area contributed by atoms with Gasteiger partial charge in [-0.3, -0.25) is 5.32 Å². The van der Waals surface area contributed by atoms with E-state index in [0.29, 0.717) is 23.2 Å². The molecule has 2 aromatic carbocycles. The molecule has 4 rings (SSSR count). The second-order valence-corrected chi connectivity index (χ2v) is 5.94. The Morgan fingerprint density at radius 3 is 2.47 bits per heavy atom. The topological polar surface area (TPSA) is 93.2 Å². The van der Waals surface area contributed by atoms with E-state index < -0.39 is 23.5 Å². The largest absolute Gasteiger partial charge is 0.478 e. The number of fused-ring (bicyclic) bond motifs is 2. The van der Waals surface area contributed by atoms with Gasteiger partial charge in [-0.2, -0.15) is 18.2 Å². The number of alkyl halides is 3. The molecule has 7 nitrogen and oxygen atoms in total. The number of aromatic carboxylic acids is 1. The minimum Gasteiger partial charge on any atom is -0.478 e. The number of benzene rings is 2. The van der Waals surface area contributed by atoms with Crippen LogP contribution in [0.5, 0.6) is 0 Å². The average Bonchev–Trinajstić information content (AvgIpc) is 3.21. The smallest absolute Gasteiger partial charge is 0.419 e. The van der Waals surface area contributed by atoms with Crippen molar-refractivity contribution in [1.29, 1.82) is 0 Å². The first-order chi connectivity index (χ1) is 14.1. The number of aryl methyl sites for hydroxylation is 1. The van der Waals surface area contributed by atoms with Crippen molar-refractivity contribution >= 4 is 40.1 Å². The van der Waals surface area contributed by atoms with E-state index >= 15 is 0 Å². The molecule has 2 aromatic heterocycles. The summed E-state index contributed by atoms with van der Waals surface area (Å²) < 4.78 is 58.9. The standard InChI is InChI=1S/C17H10F4N4O3.C2H6/c1-25-12-3-2-7(14(26)27)4-10(12)22-15(25)24-16-23-11-6-9(18)8(17(19,20)21)5-13(11)28-16;1-2/h2-6H,1H3,(H,26,27)(H,22,23,24);1-2H3. The number of carbonyl (C=O) groups is 1. The van der Waals surface area contributed by atoms with Crippen LogP contribution < -0.4 is 5.32 Å². The Labute approximate surface area is 167 Å². The molecule has 0 bridgehead atoms. The lowest BCUT2D eigenvalue weighted by Gasteiger charge is -2.06. The molecule has 158 valence electrons. The zero-order valence-corrected chi connectivity index (χ0v) is 16.0. The maximum absolute atomic E-state index is 13.7. The molecule has 2 N–H and O–H groups in total. The summed E-state index contributed by atoms with van der Waals surface area (Å²) in [6.45, 7) is 4.00. The van der Waals surface area contributed by atoms with Crippen LogP contribution in [0.25, 0.3) is 22.1 Å². The highest BCUT2D eigenvalue weighted by atomic mass is 19.4. The SMILES string of the molecule is CC.Cn1c(Nc2nc3cc(F)c(C(F)(F)F)cc3o2)nc2cc(C(=O)O)ccc21. The molecule has 30 heavy (non-hydrogen) atoms. The second kappa shape index (κ2) is 7.65. The molecule has 4 aromatic rings. The highest BCUT2D eigenvalue weighted by Gasteiger charge is 2.35. The zero-order chi connectivity index (χ0) is 22.2. The first-order valence-electron chi connectivity index (χ1n) is 8.77. The molecule has 2 heterocycles. The van der Waals surface area contributed by atoms with Gasteiger partial charge in [-0.15, -0.1) is 0 Å². The van der Waals surface area contributed by atoms with Crippen LogP contribution in [-0.2, 0) is 13.2 Å². The summed E-state index contributed by atoms with van der Waals surface area (Å²) in [6, 6.07) is 5.34. The first kappa shape index (κ1) is 21.1. The van der Waals surface area contributed by atoms with Crippen LogP contribution in [0.4, 0.5) is 29.5 Å². The van der Waals surface area contributed by atoms with E-state index in [9.17, 15) is 22.4 Å². The number of oxazole rings is 1. The fourth-order valence-electron chi connectivity index (χ4n) is 2.76. The third kappa shape index (κ3) is 3.78. The lowest BCUT2D eigenvalue weighted by atomic mass is 10.2. The number of hydrogen-bond donors (Lipinski definition) is 2. The van der Waals surface area contributed by atoms with Gasteiger partial charge >= 0.3 is 18.2 Å². The number of halogens is 4. The van der Waals surface area contributed by atoms with Crippen molar-refractivity contribution < 1.29 is 31.9 Å². The summed E-state index contributed by atoms with van der Waals surface area (Å²) >= 11 is 0. The van der Waals surface area contributed by atoms with E-state index in [4.69, 9.17) is 9.52 Å². The Morgan fingerprint density at radius 2 is 1.83 bits per heavy atom. The predicted molar refractivity (Wildman–Crippen MR) is 101 cm³/mol. The predicted octanol–water partition coefficient (Wildman–Crippen LogP) is 5.34. The number of nitrogens with zero attached hydrogens (tertiary/aromatic N) is 3. The van der Waals surface area contributed by atoms with Crippen molar-refractivity contribution in [3.63, 3.8) is 0 Å². The summed E-state index contributed by atoms with van der Waals surface area (Å²) in [5, 5.41) is 11.8. The Morgan fingerprint density at radius 1 is 1.13 bits per heavy atom. The van der Waals surface area contributed by atoms with E-state index in [2.05, 4.69) is 15.3 Å². The third-order valence-corrected chi connectivity index (χ3v) is 4.13. The molecule has 0 radical (unpaired) electrons. The fraction of sp³-hybridized carbons (Fsp3) is 0.211. The van der Waals surface area contributed by atoms with E-state index in [1.807, 2.05) is 13.8 Å². The molecule has 0 atom stereocenters. The van der Waals surface area contributed by atoms with Crippen LogP contribution >= 0.6 is 0 Å². The highest BCUT2D eigenvalue weighted by molar-refractivity contribution is 5.93. The molecule has 0 aliphatic carbocycles. The molecule has 0 amide bonds. The maximum atomic E-state index is 13.7. The number of nitrogens with one attached hydrogen (secondary N) is 1. The molecule has 0 spiro atoms. The third-order valence-electron chi connectivity index (χ3n) is 4.13. The van der Waals surface area contributed by atoms with Crippen LogP contribution in [0.15, 0.2) is 34.7 Å². The summed E-state index contributed by atoms with van der Waals surface area (Å²) in [4.78, 5) is 19.2. The average molecular weight is 424 g/mol. The quantitative estimate of drug-likeness (QED) is 0.431. The van der Waals surface area contributed by atoms with Crippen molar-refractivity contribution in [3.05, 3.63) is 47.3 Å². The lowest BCUT2D eigenvalue weighted by Crippen LogP contribution is -2.07. The molecule has 0 saturated heterocycles. The Kier molecular flexibility index (Phi) is 5.38. The number of imidazole rings is 1. The summed E-state index contributed by atoms with van der Waals surface area (Å²) in [5.41, 5.74) is -0.760. The molecule has 0 aliphatic heterocycles. The van der Waals surface area contributed by atoms with Crippen molar-refractivity contribution in [3.8, 4) is 0 Å². The van der Waals surface area contributed by atoms with E-state index in [1.165, 1.54) is 12.1 Å². The van der Waals surface area contributed by atoms with Crippen molar-refractivity contribution in [1.82, 2.24) is 14.5 Å². The van der Waals surface area contributed by atoms with Gasteiger partial charge in [0.15, 0.2) is 5.58 Å². The first-order valence-corrected chi connectivity index (χ1v) is 8.77. The fourth-order valence-corrected chi connectivity index (χ4v) is 2.76. The number of carboxylic acids is 1. The minimum atomic E-state index is -4.86. The second-order valence-electron chi connectivity index (χ2n) is 5.94. The molecule has 0 aliphatic rings. The monoisotopic (exact) mass is 424 g/mol. The highest BCUT2D eigenvalue weighted by Crippen LogP contribution is 2.35. The number of anilines is 2. The molecule has 0 unspecified atom stereocenters. The maximum Gasteiger partial charge on any atom is 0.419 e. The zero-order valence-electron chi connectivity index (χ0n) is 16.0. The normalized spacial score (nSPS) is 11.4. The number of rotatable bonds is 3. The van der Waals surface area contributed by atoms with Gasteiger partial charge in [0.2, 0.25) is 5.95 Å². The van der Waals surface area contributed by atoms with E-state index in [1.54, 1.807) is 17.7 Å². The van der Waals surface area contributed by atoms with E-state index in [0.717, 1.165) is 0 Å². The molecule has 11 heteroatoms. The van der Waals surface area contributed by atoms with Crippen LogP contribution in [-0.4, -0.2) is 25.6 Å². The van der Waals surface area contributed by atoms with Crippen molar-refractivity contribution in [2.45, 2.75) is 20.0 Å². The van der Waals surface area contributed by atoms with Gasteiger partial charge < -0.3 is 14.1 Å². The van der Waals surface area contributed by atoms with E-state index in [-0.39, 0.29) is 28.6 Å². The summed E-state index contributed by atoms with van der Waals surface area (Å²) in [6.07, 6.45) is -4.86. The summed E-state index contributed by atoms with van der Waals surface area (Å²) in [7, 11) is 1.64. The van der Waals surface area contributed by atoms with Gasteiger partial charge in [-0.05, 0) is 24.3 Å². The molecule has 0 fully saturated rings. The number of aromatic nitrogens is 3. The van der Waals surface area contributed by atoms with Crippen LogP contribution in [0.2, 0.25) is 0 Å². The Balaban J connectivity index is 0.00000124. The van der Waals surface area contributed by atoms with Gasteiger partial charge in [0.1, 0.15) is 11.3 Å². The van der Waals surface area contributed by atoms with Crippen LogP contribution in [0.1, 0.15) is 29.8 Å². The van der Waals surface area contributed by atoms with Gasteiger partial charge in [0.25, 0.3) is 0 Å². The van der Waals surface area contributed by atoms with Crippen molar-refractivity contribution in [2.24, 2.45) is 7.05 Å². The lowest BCUT2D eigenvalue weighted by molar-refractivity contribution is -0.139. The number of hydrogen-bond acceptors (Lipinski definition) is 5. The Bertz CT molecular complexity index is 1240. The van der Waals surface area contributed by atoms with Crippen LogP contribution in [0, 0.1) is 5.82 Å². The number of carboxylic acid groups (broad SMARTS) is 1. The Hall–Kier alpha value is -3.63. The molecular formula is C19H16F4N4O3. The van der Waals surface area contributed by atoms with Crippen molar-refractivity contribution in [2.75, 3.05) is 5.32 Å².